The number of hydrogen-bond donors (Lipinski definition) is 2. The molecule has 0 saturated heterocycles. The number of benzene rings is 11. The van der Waals surface area contributed by atoms with Crippen LogP contribution in [-0.2, 0) is 40.1 Å². The molecule has 11 nitrogen and oxygen atoms in total. The number of alkyl halides is 1. The maximum absolute atomic E-state index is 11.2. The van der Waals surface area contributed by atoms with Crippen molar-refractivity contribution in [2.75, 3.05) is 16.4 Å². The second kappa shape index (κ2) is 54.2. The van der Waals surface area contributed by atoms with Gasteiger partial charge in [-0.05, 0) is 277 Å². The average molecular weight is 1820 g/mol. The molecule has 11 aromatic rings. The molecule has 11 aromatic carbocycles. The first kappa shape index (κ1) is 91.0. The van der Waals surface area contributed by atoms with E-state index < -0.39 is 0 Å². The Hall–Kier alpha value is -9.43. The number of unbranched alkanes of at least 4 members (excludes halogenated alkanes) is 2. The van der Waals surface area contributed by atoms with Gasteiger partial charge in [0.2, 0.25) is 0 Å². The highest BCUT2D eigenvalue weighted by atomic mass is 127. The molecular formula is C91H89I3N8O3S3. The van der Waals surface area contributed by atoms with Gasteiger partial charge in [-0.3, -0.25) is 14.4 Å². The van der Waals surface area contributed by atoms with Gasteiger partial charge in [-0.2, -0.15) is 0 Å². The van der Waals surface area contributed by atoms with Crippen molar-refractivity contribution in [2.45, 2.75) is 115 Å². The van der Waals surface area contributed by atoms with E-state index in [0.29, 0.717) is 11.4 Å². The van der Waals surface area contributed by atoms with Crippen LogP contribution in [0.3, 0.4) is 0 Å². The van der Waals surface area contributed by atoms with Crippen LogP contribution in [0.2, 0.25) is 0 Å². The Labute approximate surface area is 693 Å². The summed E-state index contributed by atoms with van der Waals surface area (Å²) in [6, 6.07) is 87.5. The summed E-state index contributed by atoms with van der Waals surface area (Å²) in [4.78, 5) is 43.3. The molecule has 0 amide bonds. The Morgan fingerprint density at radius 2 is 0.537 bits per heavy atom. The summed E-state index contributed by atoms with van der Waals surface area (Å²) in [5.41, 5.74) is 45.2. The highest BCUT2D eigenvalue weighted by molar-refractivity contribution is 14.1. The molecule has 0 fully saturated rings. The lowest BCUT2D eigenvalue weighted by atomic mass is 10.0. The molecule has 0 aliphatic heterocycles. The second-order valence-electron chi connectivity index (χ2n) is 23.5. The van der Waals surface area contributed by atoms with Gasteiger partial charge in [0.15, 0.2) is 15.3 Å². The third kappa shape index (κ3) is 40.0. The minimum absolute atomic E-state index is 0.0768. The molecule has 0 atom stereocenters. The molecule has 0 bridgehead atoms. The number of nitrogens with two attached hydrogens (primary N) is 2. The molecule has 0 radical (unpaired) electrons. The van der Waals surface area contributed by atoms with E-state index in [1.54, 1.807) is 45.0 Å². The fraction of sp³-hybridized carbons (Fsp3) is 0.176. The van der Waals surface area contributed by atoms with E-state index >= 15 is 0 Å². The number of thioether (sulfide) groups is 3. The third-order valence-corrected chi connectivity index (χ3v) is 18.6. The van der Waals surface area contributed by atoms with Crippen LogP contribution in [0.25, 0.3) is 20.9 Å². The highest BCUT2D eigenvalue weighted by Gasteiger charge is 2.04. The number of carbonyl (C=O) groups is 3. The number of nitrogens with zero attached hydrogens (tertiary/aromatic N) is 6. The Bertz CT molecular complexity index is 4400. The summed E-state index contributed by atoms with van der Waals surface area (Å²) in [7, 11) is 0. The van der Waals surface area contributed by atoms with Crippen LogP contribution in [0.5, 0.6) is 0 Å². The quantitative estimate of drug-likeness (QED) is 0.0147. The van der Waals surface area contributed by atoms with E-state index in [1.165, 1.54) is 101 Å². The lowest BCUT2D eigenvalue weighted by Crippen LogP contribution is -1.90. The Balaban J connectivity index is 0.000000294. The number of carbonyl (C=O) groups excluding carboxylic acids is 3. The van der Waals surface area contributed by atoms with Gasteiger partial charge in [0.1, 0.15) is 0 Å². The second-order valence-corrected chi connectivity index (χ2v) is 29.8. The van der Waals surface area contributed by atoms with Gasteiger partial charge in [-0.1, -0.05) is 272 Å². The number of hydrogen-bond acceptors (Lipinski definition) is 10. The van der Waals surface area contributed by atoms with E-state index in [1.807, 2.05) is 175 Å². The van der Waals surface area contributed by atoms with Crippen molar-refractivity contribution in [1.29, 1.82) is 0 Å². The maximum Gasteiger partial charge on any atom is 0.190 e. The zero-order valence-electron chi connectivity index (χ0n) is 62.1. The predicted octanol–water partition coefficient (Wildman–Crippen LogP) is 26.4. The summed E-state index contributed by atoms with van der Waals surface area (Å²) < 4.78 is 2.58. The van der Waals surface area contributed by atoms with Gasteiger partial charge >= 0.3 is 0 Å². The molecule has 550 valence electrons. The first-order valence-electron chi connectivity index (χ1n) is 34.6. The minimum Gasteiger partial charge on any atom is -0.399 e. The van der Waals surface area contributed by atoms with Crippen molar-refractivity contribution in [3.63, 3.8) is 0 Å². The Kier molecular flexibility index (Phi) is 45.6. The summed E-state index contributed by atoms with van der Waals surface area (Å²) in [6.07, 6.45) is 14.0. The Morgan fingerprint density at radius 3 is 0.741 bits per heavy atom. The number of nitrogen functional groups attached to an aromatic ring is 2. The van der Waals surface area contributed by atoms with Gasteiger partial charge in [0.25, 0.3) is 0 Å². The van der Waals surface area contributed by atoms with Gasteiger partial charge in [0, 0.05) is 103 Å². The monoisotopic (exact) mass is 1820 g/mol. The molecule has 0 heterocycles. The van der Waals surface area contributed by atoms with E-state index in [4.69, 9.17) is 29.0 Å². The molecule has 4 N–H and O–H groups in total. The van der Waals surface area contributed by atoms with Gasteiger partial charge in [-0.15, -0.1) is 6.42 Å². The van der Waals surface area contributed by atoms with Crippen LogP contribution in [0.15, 0.2) is 292 Å². The zero-order valence-corrected chi connectivity index (χ0v) is 71.0. The van der Waals surface area contributed by atoms with Crippen molar-refractivity contribution < 1.29 is 14.4 Å². The highest BCUT2D eigenvalue weighted by Crippen LogP contribution is 2.24. The van der Waals surface area contributed by atoms with Gasteiger partial charge < -0.3 is 11.5 Å². The van der Waals surface area contributed by atoms with Gasteiger partial charge in [-0.25, -0.2) is 0 Å². The van der Waals surface area contributed by atoms with Crippen LogP contribution in [-0.4, -0.2) is 20.3 Å². The first-order valence-corrected chi connectivity index (χ1v) is 41.4. The lowest BCUT2D eigenvalue weighted by molar-refractivity contribution is -0.109. The standard InChI is InChI=1S/C33H24O2S2.C13H10I2.C13H10N6.C13H14N2.C10H8OS.2C4H10.CH3I/c1-24(34)36-32-19-15-28(16-20-32)5-3-26-7-11-30(12-8-26)23-31-13-9-27(10-14-31)4-6-29-17-21-33(22-18-29)37-25(2)35;14-12-5-1-10(2-6-12)9-11-3-7-13(15)8-4-11;14-18-16-12-5-1-10(2-6-12)9-11-3-7-13(8-4-11)17-19-15;14-12-5-1-10(2-6-12)9-11-3-7-13(15)8-4-11;1-3-9-4-6-10(7-5-9)12-8(2)11;2*1-3-4-2;1-2/h7-22H,23H2,1-2H3;1-8H,9H2;1-8H,9H2;1-8H,9,14-15H2;1,4-7H,2H3;2*3-4H2,1-2H3;1H3. The van der Waals surface area contributed by atoms with Crippen LogP contribution in [0, 0.1) is 43.2 Å². The molecule has 11 rings (SSSR count). The van der Waals surface area contributed by atoms with Crippen molar-refractivity contribution in [3.8, 4) is 36.0 Å². The molecular weight excluding hydrogens is 1730 g/mol. The Morgan fingerprint density at radius 1 is 0.343 bits per heavy atom. The normalized spacial score (nSPS) is 9.50. The number of halogens is 3. The molecule has 17 heteroatoms. The van der Waals surface area contributed by atoms with E-state index in [0.717, 1.165) is 90.7 Å². The topological polar surface area (TPSA) is 201 Å². The van der Waals surface area contributed by atoms with E-state index in [9.17, 15) is 14.4 Å². The predicted molar refractivity (Wildman–Crippen MR) is 485 cm³/mol. The number of rotatable bonds is 15. The van der Waals surface area contributed by atoms with Crippen LogP contribution >= 0.6 is 103 Å². The van der Waals surface area contributed by atoms with Crippen molar-refractivity contribution >= 4 is 141 Å². The fourth-order valence-corrected chi connectivity index (χ4v) is 11.4. The molecule has 0 spiro atoms. The molecule has 0 aliphatic carbocycles. The zero-order chi connectivity index (χ0) is 78.7. The fourth-order valence-electron chi connectivity index (χ4n) is 8.91. The summed E-state index contributed by atoms with van der Waals surface area (Å²) in [5.74, 6) is 15.3. The summed E-state index contributed by atoms with van der Waals surface area (Å²) >= 11 is 10.5. The number of terminal acetylenes is 1. The third-order valence-electron chi connectivity index (χ3n) is 14.7. The molecule has 0 aromatic heterocycles. The summed E-state index contributed by atoms with van der Waals surface area (Å²) in [5, 5.41) is 7.28. The van der Waals surface area contributed by atoms with Crippen LogP contribution < -0.4 is 11.5 Å². The molecule has 0 aliphatic rings. The molecule has 0 saturated carbocycles. The van der Waals surface area contributed by atoms with Gasteiger partial charge in [0.05, 0.1) is 0 Å². The number of anilines is 2. The van der Waals surface area contributed by atoms with Crippen molar-refractivity contribution in [2.24, 2.45) is 10.2 Å². The smallest absolute Gasteiger partial charge is 0.190 e. The largest absolute Gasteiger partial charge is 0.399 e. The minimum atomic E-state index is 0.0768. The van der Waals surface area contributed by atoms with E-state index in [2.05, 4.69) is 218 Å². The summed E-state index contributed by atoms with van der Waals surface area (Å²) in [6.45, 7) is 13.4. The van der Waals surface area contributed by atoms with E-state index in [-0.39, 0.29) is 15.3 Å². The first-order chi connectivity index (χ1) is 52.3. The molecule has 0 unspecified atom stereocenters. The number of azide groups is 2. The van der Waals surface area contributed by atoms with Crippen LogP contribution in [0.1, 0.15) is 146 Å². The molecule has 108 heavy (non-hydrogen) atoms. The lowest BCUT2D eigenvalue weighted by Gasteiger charge is -2.03. The maximum atomic E-state index is 11.2. The van der Waals surface area contributed by atoms with Crippen molar-refractivity contribution in [1.82, 2.24) is 0 Å². The van der Waals surface area contributed by atoms with Crippen LogP contribution in [0.4, 0.5) is 22.7 Å². The SMILES string of the molecule is C#Cc1ccc(SC(C)=O)cc1.CC(=O)Sc1ccc(C#Cc2ccc(Cc3ccc(C#Cc4ccc(SC(C)=O)cc4)cc3)cc2)cc1.CCCC.CCCC.CI.Ic1ccc(Cc2ccc(I)cc2)cc1.Nc1ccc(Cc2ccc(N)cc2)cc1.[N-]=[N+]=Nc1ccc(Cc2ccc(N=[N+]=[N-])cc2)cc1. The average Bonchev–Trinajstić information content (AvgIpc) is 0.888. The van der Waals surface area contributed by atoms with Crippen molar-refractivity contribution in [3.05, 3.63) is 367 Å².